The Labute approximate surface area is 117 Å². The highest BCUT2D eigenvalue weighted by atomic mass is 15.3. The third-order valence-corrected chi connectivity index (χ3v) is 4.49. The largest absolute Gasteiger partial charge is 0.326 e. The Morgan fingerprint density at radius 3 is 2.47 bits per heavy atom. The number of likely N-dealkylation sites (tertiary alicyclic amines) is 1. The van der Waals surface area contributed by atoms with Crippen molar-refractivity contribution in [3.05, 3.63) is 17.0 Å². The van der Waals surface area contributed by atoms with Crippen molar-refractivity contribution >= 4 is 0 Å². The fourth-order valence-electron chi connectivity index (χ4n) is 3.39. The van der Waals surface area contributed by atoms with Gasteiger partial charge in [0.05, 0.1) is 11.7 Å². The molecule has 0 radical (unpaired) electrons. The Morgan fingerprint density at radius 1 is 1.26 bits per heavy atom. The molecule has 108 valence electrons. The summed E-state index contributed by atoms with van der Waals surface area (Å²) in [5, 5.41) is 4.58. The van der Waals surface area contributed by atoms with Crippen LogP contribution in [-0.2, 0) is 7.05 Å². The summed E-state index contributed by atoms with van der Waals surface area (Å²) in [6.07, 6.45) is 3.60. The van der Waals surface area contributed by atoms with E-state index in [9.17, 15) is 0 Å². The Bertz CT molecular complexity index is 436. The molecule has 2 N–H and O–H groups in total. The normalized spacial score (nSPS) is 25.8. The zero-order valence-corrected chi connectivity index (χ0v) is 13.0. The first-order valence-corrected chi connectivity index (χ1v) is 7.45. The van der Waals surface area contributed by atoms with Gasteiger partial charge in [-0.15, -0.1) is 0 Å². The molecule has 2 heterocycles. The van der Waals surface area contributed by atoms with Crippen LogP contribution in [0.15, 0.2) is 0 Å². The van der Waals surface area contributed by atoms with E-state index in [2.05, 4.69) is 37.7 Å². The van der Waals surface area contributed by atoms with Gasteiger partial charge in [0.2, 0.25) is 0 Å². The lowest BCUT2D eigenvalue weighted by atomic mass is 9.94. The Hall–Kier alpha value is -0.870. The van der Waals surface area contributed by atoms with Gasteiger partial charge >= 0.3 is 0 Å². The molecule has 1 saturated heterocycles. The van der Waals surface area contributed by atoms with Gasteiger partial charge in [-0.25, -0.2) is 0 Å². The van der Waals surface area contributed by atoms with Gasteiger partial charge < -0.3 is 5.73 Å². The minimum Gasteiger partial charge on any atom is -0.326 e. The number of nitrogens with two attached hydrogens (primary N) is 1. The highest BCUT2D eigenvalue weighted by Gasteiger charge is 2.33. The lowest BCUT2D eigenvalue weighted by molar-refractivity contribution is 0.143. The van der Waals surface area contributed by atoms with Gasteiger partial charge in [0.25, 0.3) is 0 Å². The van der Waals surface area contributed by atoms with Crippen molar-refractivity contribution in [2.45, 2.75) is 65.1 Å². The molecule has 0 aromatic carbocycles. The fourth-order valence-corrected chi connectivity index (χ4v) is 3.39. The molecule has 0 amide bonds. The molecule has 0 saturated carbocycles. The fraction of sp³-hybridized carbons (Fsp3) is 0.800. The summed E-state index contributed by atoms with van der Waals surface area (Å²) in [5.74, 6) is 0. The molecule has 4 heteroatoms. The SMILES string of the molecule is Cc1nn(C)c(C)c1C1C(N)CCCCN1C(C)C. The van der Waals surface area contributed by atoms with Crippen LogP contribution in [0.5, 0.6) is 0 Å². The summed E-state index contributed by atoms with van der Waals surface area (Å²) >= 11 is 0. The predicted octanol–water partition coefficient (Wildman–Crippen LogP) is 2.30. The van der Waals surface area contributed by atoms with Crippen LogP contribution in [0.1, 0.15) is 56.1 Å². The van der Waals surface area contributed by atoms with Crippen molar-refractivity contribution < 1.29 is 0 Å². The molecule has 1 aliphatic rings. The first-order valence-electron chi connectivity index (χ1n) is 7.45. The summed E-state index contributed by atoms with van der Waals surface area (Å²) in [6, 6.07) is 1.05. The van der Waals surface area contributed by atoms with Crippen LogP contribution in [0, 0.1) is 13.8 Å². The lowest BCUT2D eigenvalue weighted by Crippen LogP contribution is -2.43. The van der Waals surface area contributed by atoms with E-state index in [0.29, 0.717) is 12.1 Å². The maximum absolute atomic E-state index is 6.51. The molecule has 1 aromatic heterocycles. The van der Waals surface area contributed by atoms with Crippen molar-refractivity contribution in [3.8, 4) is 0 Å². The summed E-state index contributed by atoms with van der Waals surface area (Å²) < 4.78 is 1.99. The third-order valence-electron chi connectivity index (χ3n) is 4.49. The number of nitrogens with zero attached hydrogens (tertiary/aromatic N) is 3. The highest BCUT2D eigenvalue weighted by Crippen LogP contribution is 2.34. The van der Waals surface area contributed by atoms with E-state index in [0.717, 1.165) is 18.7 Å². The van der Waals surface area contributed by atoms with Gasteiger partial charge in [-0.1, -0.05) is 6.42 Å². The predicted molar refractivity (Wildman–Crippen MR) is 79.1 cm³/mol. The third kappa shape index (κ3) is 2.70. The minimum atomic E-state index is 0.214. The van der Waals surface area contributed by atoms with E-state index in [-0.39, 0.29) is 6.04 Å². The van der Waals surface area contributed by atoms with Gasteiger partial charge in [0.1, 0.15) is 0 Å². The topological polar surface area (TPSA) is 47.1 Å². The first kappa shape index (κ1) is 14.5. The molecular formula is C15H28N4. The molecule has 2 atom stereocenters. The van der Waals surface area contributed by atoms with Gasteiger partial charge in [0.15, 0.2) is 0 Å². The van der Waals surface area contributed by atoms with E-state index in [1.807, 2.05) is 11.7 Å². The smallest absolute Gasteiger partial charge is 0.0644 e. The molecule has 1 aliphatic heterocycles. The molecule has 1 aromatic rings. The Balaban J connectivity index is 2.46. The summed E-state index contributed by atoms with van der Waals surface area (Å²) in [6.45, 7) is 9.95. The van der Waals surface area contributed by atoms with Crippen molar-refractivity contribution in [1.82, 2.24) is 14.7 Å². The van der Waals surface area contributed by atoms with Crippen LogP contribution < -0.4 is 5.73 Å². The quantitative estimate of drug-likeness (QED) is 0.891. The van der Waals surface area contributed by atoms with Crippen molar-refractivity contribution in [3.63, 3.8) is 0 Å². The van der Waals surface area contributed by atoms with Gasteiger partial charge in [-0.3, -0.25) is 9.58 Å². The standard InChI is InChI=1S/C15H28N4/c1-10(2)19-9-7-6-8-13(16)15(19)14-11(3)17-18(5)12(14)4/h10,13,15H,6-9,16H2,1-5H3. The maximum atomic E-state index is 6.51. The van der Waals surface area contributed by atoms with E-state index in [1.54, 1.807) is 0 Å². The van der Waals surface area contributed by atoms with Gasteiger partial charge in [0, 0.05) is 30.4 Å². The number of hydrogen-bond acceptors (Lipinski definition) is 3. The van der Waals surface area contributed by atoms with Crippen LogP contribution in [-0.4, -0.2) is 33.3 Å². The molecule has 19 heavy (non-hydrogen) atoms. The van der Waals surface area contributed by atoms with Crippen LogP contribution in [0.3, 0.4) is 0 Å². The molecule has 1 fully saturated rings. The van der Waals surface area contributed by atoms with Crippen LogP contribution in [0.4, 0.5) is 0 Å². The van der Waals surface area contributed by atoms with Crippen LogP contribution >= 0.6 is 0 Å². The molecule has 2 rings (SSSR count). The van der Waals surface area contributed by atoms with Crippen LogP contribution in [0.2, 0.25) is 0 Å². The summed E-state index contributed by atoms with van der Waals surface area (Å²) in [7, 11) is 2.02. The van der Waals surface area contributed by atoms with Gasteiger partial charge in [-0.2, -0.15) is 5.10 Å². The molecule has 0 aliphatic carbocycles. The van der Waals surface area contributed by atoms with E-state index >= 15 is 0 Å². The van der Waals surface area contributed by atoms with Crippen molar-refractivity contribution in [2.24, 2.45) is 12.8 Å². The Kier molecular flexibility index (Phi) is 4.31. The van der Waals surface area contributed by atoms with Crippen molar-refractivity contribution in [1.29, 1.82) is 0 Å². The van der Waals surface area contributed by atoms with E-state index in [1.165, 1.54) is 24.1 Å². The molecule has 0 bridgehead atoms. The second-order valence-corrected chi connectivity index (χ2v) is 6.14. The average molecular weight is 264 g/mol. The zero-order chi connectivity index (χ0) is 14.2. The second kappa shape index (κ2) is 5.63. The van der Waals surface area contributed by atoms with Crippen molar-refractivity contribution in [2.75, 3.05) is 6.54 Å². The highest BCUT2D eigenvalue weighted by molar-refractivity contribution is 5.30. The zero-order valence-electron chi connectivity index (χ0n) is 13.0. The molecule has 0 spiro atoms. The summed E-state index contributed by atoms with van der Waals surface area (Å²) in [4.78, 5) is 2.56. The van der Waals surface area contributed by atoms with Crippen LogP contribution in [0.25, 0.3) is 0 Å². The molecular weight excluding hydrogens is 236 g/mol. The Morgan fingerprint density at radius 2 is 1.95 bits per heavy atom. The average Bonchev–Trinajstić information content (AvgIpc) is 2.52. The van der Waals surface area contributed by atoms with E-state index < -0.39 is 0 Å². The lowest BCUT2D eigenvalue weighted by Gasteiger charge is -2.36. The monoisotopic (exact) mass is 264 g/mol. The molecule has 4 nitrogen and oxygen atoms in total. The first-order chi connectivity index (χ1) is 8.93. The van der Waals surface area contributed by atoms with E-state index in [4.69, 9.17) is 5.73 Å². The number of aromatic nitrogens is 2. The number of rotatable bonds is 2. The molecule has 2 unspecified atom stereocenters. The number of aryl methyl sites for hydroxylation is 2. The maximum Gasteiger partial charge on any atom is 0.0644 e. The number of hydrogen-bond donors (Lipinski definition) is 1. The minimum absolute atomic E-state index is 0.214. The van der Waals surface area contributed by atoms with Gasteiger partial charge in [-0.05, 0) is 47.1 Å². The second-order valence-electron chi connectivity index (χ2n) is 6.14. The summed E-state index contributed by atoms with van der Waals surface area (Å²) in [5.41, 5.74) is 10.2.